The number of carbonyl (C=O) groups excluding carboxylic acids is 2. The summed E-state index contributed by atoms with van der Waals surface area (Å²) in [5.41, 5.74) is 3.25. The minimum Gasteiger partial charge on any atom is -0.390 e. The van der Waals surface area contributed by atoms with Crippen LogP contribution in [-0.4, -0.2) is 56.1 Å². The van der Waals surface area contributed by atoms with Gasteiger partial charge >= 0.3 is 0 Å². The largest absolute Gasteiger partial charge is 0.390 e. The van der Waals surface area contributed by atoms with Crippen LogP contribution in [0, 0.1) is 11.7 Å². The van der Waals surface area contributed by atoms with E-state index in [9.17, 15) is 19.1 Å². The third-order valence-electron chi connectivity index (χ3n) is 8.56. The van der Waals surface area contributed by atoms with Gasteiger partial charge in [0.1, 0.15) is 5.82 Å². The first kappa shape index (κ1) is 28.2. The summed E-state index contributed by atoms with van der Waals surface area (Å²) in [6, 6.07) is 12.1. The van der Waals surface area contributed by atoms with Crippen LogP contribution in [0.25, 0.3) is 11.0 Å². The summed E-state index contributed by atoms with van der Waals surface area (Å²) in [7, 11) is 0. The SMILES string of the molecule is CC(=O)NC1CCC(n2/c(=N\C(=O)c3ccc(F)cc3)[nH]c3ccc(CN4CCC(C(C)(C)O)CC4)cc32)CC1. The summed E-state index contributed by atoms with van der Waals surface area (Å²) >= 11 is 0. The van der Waals surface area contributed by atoms with Crippen LogP contribution in [0.2, 0.25) is 0 Å². The van der Waals surface area contributed by atoms with Crippen LogP contribution in [0.4, 0.5) is 4.39 Å². The van der Waals surface area contributed by atoms with Crippen molar-refractivity contribution in [3.63, 3.8) is 0 Å². The van der Waals surface area contributed by atoms with E-state index in [1.807, 2.05) is 13.8 Å². The van der Waals surface area contributed by atoms with Gasteiger partial charge in [0, 0.05) is 31.1 Å². The van der Waals surface area contributed by atoms with E-state index < -0.39 is 17.3 Å². The lowest BCUT2D eigenvalue weighted by Gasteiger charge is -2.37. The first-order valence-corrected chi connectivity index (χ1v) is 14.4. The highest BCUT2D eigenvalue weighted by Gasteiger charge is 2.30. The Hall–Kier alpha value is -3.30. The van der Waals surface area contributed by atoms with Crippen molar-refractivity contribution in [1.29, 1.82) is 0 Å². The summed E-state index contributed by atoms with van der Waals surface area (Å²) in [5.74, 6) is -0.527. The number of aromatic amines is 1. The Morgan fingerprint density at radius 1 is 1.05 bits per heavy atom. The smallest absolute Gasteiger partial charge is 0.280 e. The van der Waals surface area contributed by atoms with Crippen molar-refractivity contribution < 1.29 is 19.1 Å². The van der Waals surface area contributed by atoms with Crippen LogP contribution < -0.4 is 10.9 Å². The van der Waals surface area contributed by atoms with Gasteiger partial charge in [-0.3, -0.25) is 14.5 Å². The highest BCUT2D eigenvalue weighted by molar-refractivity contribution is 5.94. The molecule has 1 saturated carbocycles. The maximum Gasteiger partial charge on any atom is 0.280 e. The Kier molecular flexibility index (Phi) is 8.24. The fourth-order valence-corrected chi connectivity index (χ4v) is 6.30. The number of hydrogen-bond acceptors (Lipinski definition) is 4. The standard InChI is InChI=1S/C31H40FN5O3/c1-20(38)33-25-9-11-26(12-10-25)37-28-18-21(19-36-16-14-23(15-17-36)31(2,3)40)4-13-27(28)34-30(37)35-29(39)22-5-7-24(32)8-6-22/h4-8,13,18,23,25-26,40H,9-12,14-17,19H2,1-3H3,(H,33,38)(H,34,35,39). The number of H-pyrrole nitrogens is 1. The Labute approximate surface area is 234 Å². The molecule has 0 bridgehead atoms. The van der Waals surface area contributed by atoms with Crippen LogP contribution in [-0.2, 0) is 11.3 Å². The number of halogens is 1. The highest BCUT2D eigenvalue weighted by atomic mass is 19.1. The van der Waals surface area contributed by atoms with Crippen molar-refractivity contribution in [3.8, 4) is 0 Å². The lowest BCUT2D eigenvalue weighted by Crippen LogP contribution is -2.41. The molecule has 0 spiro atoms. The van der Waals surface area contributed by atoms with Crippen LogP contribution in [0.3, 0.4) is 0 Å². The van der Waals surface area contributed by atoms with E-state index in [1.54, 1.807) is 6.92 Å². The highest BCUT2D eigenvalue weighted by Crippen LogP contribution is 2.31. The van der Waals surface area contributed by atoms with E-state index in [1.165, 1.54) is 29.8 Å². The number of imidazole rings is 1. The van der Waals surface area contributed by atoms with Gasteiger partial charge in [-0.2, -0.15) is 4.99 Å². The van der Waals surface area contributed by atoms with E-state index in [-0.39, 0.29) is 18.0 Å². The average molecular weight is 550 g/mol. The summed E-state index contributed by atoms with van der Waals surface area (Å²) < 4.78 is 15.6. The van der Waals surface area contributed by atoms with Gasteiger partial charge in [0.15, 0.2) is 0 Å². The van der Waals surface area contributed by atoms with E-state index in [2.05, 4.69) is 43.0 Å². The molecule has 2 heterocycles. The molecule has 40 heavy (non-hydrogen) atoms. The van der Waals surface area contributed by atoms with Gasteiger partial charge in [-0.05, 0) is 113 Å². The van der Waals surface area contributed by atoms with Crippen molar-refractivity contribution in [2.45, 2.75) is 83.5 Å². The van der Waals surface area contributed by atoms with E-state index in [0.717, 1.165) is 69.2 Å². The Morgan fingerprint density at radius 3 is 2.35 bits per heavy atom. The third-order valence-corrected chi connectivity index (χ3v) is 8.56. The zero-order chi connectivity index (χ0) is 28.4. The molecule has 2 fully saturated rings. The fourth-order valence-electron chi connectivity index (χ4n) is 6.30. The molecule has 2 aliphatic rings. The molecule has 1 aromatic heterocycles. The van der Waals surface area contributed by atoms with Crippen molar-refractivity contribution in [2.75, 3.05) is 13.1 Å². The topological polar surface area (TPSA) is 103 Å². The van der Waals surface area contributed by atoms with E-state index in [0.29, 0.717) is 17.1 Å². The molecule has 5 rings (SSSR count). The molecule has 0 radical (unpaired) electrons. The lowest BCUT2D eigenvalue weighted by atomic mass is 9.83. The molecule has 8 nitrogen and oxygen atoms in total. The van der Waals surface area contributed by atoms with Crippen LogP contribution in [0.5, 0.6) is 0 Å². The molecule has 214 valence electrons. The number of rotatable bonds is 6. The Morgan fingerprint density at radius 2 is 1.73 bits per heavy atom. The average Bonchev–Trinajstić information content (AvgIpc) is 3.26. The Bertz CT molecular complexity index is 1420. The molecule has 0 atom stereocenters. The normalized spacial score (nSPS) is 21.6. The molecular weight excluding hydrogens is 509 g/mol. The van der Waals surface area contributed by atoms with Crippen LogP contribution in [0.1, 0.15) is 81.3 Å². The van der Waals surface area contributed by atoms with Gasteiger partial charge in [0.2, 0.25) is 11.5 Å². The zero-order valence-electron chi connectivity index (χ0n) is 23.6. The fraction of sp³-hybridized carbons (Fsp3) is 0.516. The first-order valence-electron chi connectivity index (χ1n) is 14.4. The lowest BCUT2D eigenvalue weighted by molar-refractivity contribution is -0.119. The maximum atomic E-state index is 13.4. The Balaban J connectivity index is 1.44. The predicted octanol–water partition coefficient (Wildman–Crippen LogP) is 4.45. The third kappa shape index (κ3) is 6.53. The molecule has 2 aromatic carbocycles. The van der Waals surface area contributed by atoms with Crippen molar-refractivity contribution in [3.05, 3.63) is 65.0 Å². The number of aromatic nitrogens is 2. The van der Waals surface area contributed by atoms with Crippen molar-refractivity contribution in [2.24, 2.45) is 10.9 Å². The monoisotopic (exact) mass is 549 g/mol. The second-order valence-corrected chi connectivity index (χ2v) is 12.0. The van der Waals surface area contributed by atoms with Crippen molar-refractivity contribution in [1.82, 2.24) is 19.8 Å². The first-order chi connectivity index (χ1) is 19.1. The number of nitrogens with zero attached hydrogens (tertiary/aromatic N) is 3. The number of hydrogen-bond donors (Lipinski definition) is 3. The summed E-state index contributed by atoms with van der Waals surface area (Å²) in [6.07, 6.45) is 5.36. The molecule has 2 amide bonds. The van der Waals surface area contributed by atoms with Gasteiger partial charge in [-0.25, -0.2) is 4.39 Å². The second-order valence-electron chi connectivity index (χ2n) is 12.0. The number of aliphatic hydroxyl groups is 1. The molecule has 1 aliphatic carbocycles. The van der Waals surface area contributed by atoms with Gasteiger partial charge in [-0.1, -0.05) is 6.07 Å². The second kappa shape index (κ2) is 11.7. The minimum absolute atomic E-state index is 0.0139. The summed E-state index contributed by atoms with van der Waals surface area (Å²) in [5, 5.41) is 13.4. The molecule has 1 saturated heterocycles. The van der Waals surface area contributed by atoms with Crippen LogP contribution in [0.15, 0.2) is 47.5 Å². The minimum atomic E-state index is -0.647. The molecule has 9 heteroatoms. The van der Waals surface area contributed by atoms with E-state index in [4.69, 9.17) is 0 Å². The quantitative estimate of drug-likeness (QED) is 0.423. The van der Waals surface area contributed by atoms with Gasteiger partial charge in [-0.15, -0.1) is 0 Å². The van der Waals surface area contributed by atoms with Gasteiger partial charge in [0.05, 0.1) is 16.6 Å². The van der Waals surface area contributed by atoms with Crippen molar-refractivity contribution >= 4 is 22.8 Å². The predicted molar refractivity (Wildman–Crippen MR) is 152 cm³/mol. The number of amides is 2. The number of nitrogens with one attached hydrogen (secondary N) is 2. The molecular formula is C31H40FN5O3. The zero-order valence-corrected chi connectivity index (χ0v) is 23.6. The summed E-state index contributed by atoms with van der Waals surface area (Å²) in [4.78, 5) is 34.9. The maximum absolute atomic E-state index is 13.4. The number of fused-ring (bicyclic) bond motifs is 1. The summed E-state index contributed by atoms with van der Waals surface area (Å²) in [6.45, 7) is 8.06. The number of piperidine rings is 1. The van der Waals surface area contributed by atoms with Crippen LogP contribution >= 0.6 is 0 Å². The van der Waals surface area contributed by atoms with Gasteiger partial charge < -0.3 is 20.0 Å². The molecule has 1 aliphatic heterocycles. The number of benzene rings is 2. The number of likely N-dealkylation sites (tertiary alicyclic amines) is 1. The molecule has 0 unspecified atom stereocenters. The molecule has 3 N–H and O–H groups in total. The van der Waals surface area contributed by atoms with Gasteiger partial charge in [0.25, 0.3) is 5.91 Å². The van der Waals surface area contributed by atoms with E-state index >= 15 is 0 Å². The number of carbonyl (C=O) groups is 2. The molecule has 3 aromatic rings.